The van der Waals surface area contributed by atoms with Gasteiger partial charge in [-0.3, -0.25) is 4.79 Å². The summed E-state index contributed by atoms with van der Waals surface area (Å²) >= 11 is 0. The molecule has 0 aromatic heterocycles. The van der Waals surface area contributed by atoms with E-state index in [2.05, 4.69) is 6.58 Å². The molecule has 0 bridgehead atoms. The van der Waals surface area contributed by atoms with E-state index < -0.39 is 11.9 Å². The smallest absolute Gasteiger partial charge is 0.338 e. The van der Waals surface area contributed by atoms with Crippen LogP contribution in [0.1, 0.15) is 34.6 Å². The molecule has 0 aliphatic carbocycles. The van der Waals surface area contributed by atoms with Crippen molar-refractivity contribution in [2.24, 2.45) is 0 Å². The summed E-state index contributed by atoms with van der Waals surface area (Å²) in [4.78, 5) is 33.9. The van der Waals surface area contributed by atoms with Crippen LogP contribution >= 0.6 is 0 Å². The van der Waals surface area contributed by atoms with Crippen molar-refractivity contribution >= 4 is 18.2 Å². The molecule has 1 aromatic rings. The van der Waals surface area contributed by atoms with Crippen LogP contribution in [-0.2, 0) is 9.53 Å². The lowest BCUT2D eigenvalue weighted by Gasteiger charge is -2.08. The standard InChI is InChI=1S/C14H14O5/c1-4-18-14(17)12-7-11(6-5-10(12)8-15)19-13(16)9(2)3/h5-8H,2,4H2,1,3H3. The minimum atomic E-state index is -0.641. The summed E-state index contributed by atoms with van der Waals surface area (Å²) in [6.45, 7) is 6.80. The van der Waals surface area contributed by atoms with Crippen molar-refractivity contribution < 1.29 is 23.9 Å². The third kappa shape index (κ3) is 3.77. The van der Waals surface area contributed by atoms with Gasteiger partial charge in [0.25, 0.3) is 0 Å². The lowest BCUT2D eigenvalue weighted by atomic mass is 10.1. The van der Waals surface area contributed by atoms with Crippen molar-refractivity contribution in [1.29, 1.82) is 0 Å². The first-order valence-corrected chi connectivity index (χ1v) is 5.63. The van der Waals surface area contributed by atoms with Crippen LogP contribution in [0.15, 0.2) is 30.4 Å². The van der Waals surface area contributed by atoms with Gasteiger partial charge in [0, 0.05) is 11.1 Å². The molecule has 0 atom stereocenters. The van der Waals surface area contributed by atoms with Gasteiger partial charge in [0.05, 0.1) is 12.2 Å². The Labute approximate surface area is 110 Å². The van der Waals surface area contributed by atoms with E-state index in [9.17, 15) is 14.4 Å². The molecule has 100 valence electrons. The zero-order valence-electron chi connectivity index (χ0n) is 10.8. The van der Waals surface area contributed by atoms with Gasteiger partial charge in [-0.1, -0.05) is 6.58 Å². The maximum absolute atomic E-state index is 11.7. The Morgan fingerprint density at radius 1 is 1.37 bits per heavy atom. The summed E-state index contributed by atoms with van der Waals surface area (Å²) in [6.07, 6.45) is 0.538. The number of benzene rings is 1. The molecule has 0 aliphatic heterocycles. The number of rotatable bonds is 5. The summed E-state index contributed by atoms with van der Waals surface area (Å²) < 4.78 is 9.80. The van der Waals surface area contributed by atoms with Crippen LogP contribution in [-0.4, -0.2) is 24.8 Å². The second kappa shape index (κ2) is 6.49. The number of carbonyl (C=O) groups is 3. The van der Waals surface area contributed by atoms with E-state index in [1.807, 2.05) is 0 Å². The average Bonchev–Trinajstić information content (AvgIpc) is 2.38. The number of hydrogen-bond donors (Lipinski definition) is 0. The molecule has 0 N–H and O–H groups in total. The molecule has 5 heteroatoms. The minimum Gasteiger partial charge on any atom is -0.462 e. The molecule has 0 saturated heterocycles. The number of ether oxygens (including phenoxy) is 2. The van der Waals surface area contributed by atoms with Gasteiger partial charge in [0.2, 0.25) is 0 Å². The van der Waals surface area contributed by atoms with Crippen LogP contribution in [0.5, 0.6) is 5.75 Å². The fourth-order valence-electron chi connectivity index (χ4n) is 1.28. The molecule has 19 heavy (non-hydrogen) atoms. The quantitative estimate of drug-likeness (QED) is 0.352. The Kier molecular flexibility index (Phi) is 5.00. The van der Waals surface area contributed by atoms with Gasteiger partial charge in [-0.2, -0.15) is 0 Å². The first kappa shape index (κ1) is 14.6. The topological polar surface area (TPSA) is 69.7 Å². The maximum atomic E-state index is 11.7. The first-order valence-electron chi connectivity index (χ1n) is 5.63. The molecule has 0 heterocycles. The third-order valence-corrected chi connectivity index (χ3v) is 2.21. The Balaban J connectivity index is 3.07. The molecule has 0 amide bonds. The minimum absolute atomic E-state index is 0.0591. The van der Waals surface area contributed by atoms with Gasteiger partial charge in [-0.15, -0.1) is 0 Å². The van der Waals surface area contributed by atoms with Crippen molar-refractivity contribution in [3.8, 4) is 5.75 Å². The second-order valence-electron chi connectivity index (χ2n) is 3.76. The zero-order chi connectivity index (χ0) is 14.4. The van der Waals surface area contributed by atoms with E-state index in [0.29, 0.717) is 6.29 Å². The number of aldehydes is 1. The van der Waals surface area contributed by atoms with E-state index in [1.165, 1.54) is 25.1 Å². The summed E-state index contributed by atoms with van der Waals surface area (Å²) in [7, 11) is 0. The fourth-order valence-corrected chi connectivity index (χ4v) is 1.28. The normalized spacial score (nSPS) is 9.58. The summed E-state index contributed by atoms with van der Waals surface area (Å²) in [6, 6.07) is 4.11. The second-order valence-corrected chi connectivity index (χ2v) is 3.76. The summed E-state index contributed by atoms with van der Waals surface area (Å²) in [5, 5.41) is 0. The van der Waals surface area contributed by atoms with Crippen molar-refractivity contribution in [3.63, 3.8) is 0 Å². The molecule has 0 unspecified atom stereocenters. The van der Waals surface area contributed by atoms with E-state index >= 15 is 0 Å². The lowest BCUT2D eigenvalue weighted by molar-refractivity contribution is -0.130. The summed E-state index contributed by atoms with van der Waals surface area (Å²) in [5.41, 5.74) is 0.467. The maximum Gasteiger partial charge on any atom is 0.338 e. The Morgan fingerprint density at radius 2 is 2.05 bits per heavy atom. The van der Waals surface area contributed by atoms with Gasteiger partial charge in [-0.25, -0.2) is 9.59 Å². The van der Waals surface area contributed by atoms with Gasteiger partial charge < -0.3 is 9.47 Å². The number of esters is 2. The van der Waals surface area contributed by atoms with Crippen LogP contribution in [0.25, 0.3) is 0 Å². The molecule has 1 rings (SSSR count). The Morgan fingerprint density at radius 3 is 2.58 bits per heavy atom. The van der Waals surface area contributed by atoms with E-state index in [1.54, 1.807) is 6.92 Å². The van der Waals surface area contributed by atoms with Crippen LogP contribution in [0.2, 0.25) is 0 Å². The van der Waals surface area contributed by atoms with Gasteiger partial charge >= 0.3 is 11.9 Å². The van der Waals surface area contributed by atoms with Crippen LogP contribution in [0.4, 0.5) is 0 Å². The average molecular weight is 262 g/mol. The summed E-state index contributed by atoms with van der Waals surface area (Å²) in [5.74, 6) is -1.09. The zero-order valence-corrected chi connectivity index (χ0v) is 10.8. The fraction of sp³-hybridized carbons (Fsp3) is 0.214. The van der Waals surface area contributed by atoms with Crippen LogP contribution < -0.4 is 4.74 Å². The highest BCUT2D eigenvalue weighted by Gasteiger charge is 2.15. The van der Waals surface area contributed by atoms with Gasteiger partial charge in [0.15, 0.2) is 6.29 Å². The molecule has 5 nitrogen and oxygen atoms in total. The predicted octanol–water partition coefficient (Wildman–Crippen LogP) is 2.16. The van der Waals surface area contributed by atoms with E-state index in [4.69, 9.17) is 9.47 Å². The molecule has 0 aliphatic rings. The van der Waals surface area contributed by atoms with E-state index in [0.717, 1.165) is 0 Å². The molecule has 0 fully saturated rings. The monoisotopic (exact) mass is 262 g/mol. The molecule has 0 saturated carbocycles. The molecular formula is C14H14O5. The van der Waals surface area contributed by atoms with Crippen molar-refractivity contribution in [1.82, 2.24) is 0 Å². The highest BCUT2D eigenvalue weighted by molar-refractivity contribution is 5.99. The van der Waals surface area contributed by atoms with Crippen LogP contribution in [0, 0.1) is 0 Å². The lowest BCUT2D eigenvalue weighted by Crippen LogP contribution is -2.11. The third-order valence-electron chi connectivity index (χ3n) is 2.21. The predicted molar refractivity (Wildman–Crippen MR) is 68.2 cm³/mol. The van der Waals surface area contributed by atoms with Crippen molar-refractivity contribution in [2.75, 3.05) is 6.61 Å². The van der Waals surface area contributed by atoms with Gasteiger partial charge in [-0.05, 0) is 32.0 Å². The Bertz CT molecular complexity index is 531. The number of hydrogen-bond acceptors (Lipinski definition) is 5. The molecule has 0 spiro atoms. The van der Waals surface area contributed by atoms with Crippen molar-refractivity contribution in [3.05, 3.63) is 41.5 Å². The van der Waals surface area contributed by atoms with Gasteiger partial charge in [0.1, 0.15) is 5.75 Å². The number of carbonyl (C=O) groups excluding carboxylic acids is 3. The SMILES string of the molecule is C=C(C)C(=O)Oc1ccc(C=O)c(C(=O)OCC)c1. The molecule has 0 radical (unpaired) electrons. The van der Waals surface area contributed by atoms with E-state index in [-0.39, 0.29) is 29.1 Å². The Hall–Kier alpha value is -2.43. The largest absolute Gasteiger partial charge is 0.462 e. The molecular weight excluding hydrogens is 248 g/mol. The van der Waals surface area contributed by atoms with Crippen LogP contribution in [0.3, 0.4) is 0 Å². The highest BCUT2D eigenvalue weighted by atomic mass is 16.5. The highest BCUT2D eigenvalue weighted by Crippen LogP contribution is 2.19. The molecule has 1 aromatic carbocycles. The first-order chi connectivity index (χ1) is 8.99. The van der Waals surface area contributed by atoms with Crippen molar-refractivity contribution in [2.45, 2.75) is 13.8 Å².